The average Bonchev–Trinajstić information content (AvgIpc) is 2.54. The molecule has 0 saturated carbocycles. The minimum Gasteiger partial charge on any atom is -0.490 e. The van der Waals surface area contributed by atoms with E-state index in [0.717, 1.165) is 18.2 Å². The molecule has 1 aromatic heterocycles. The molecule has 0 atom stereocenters. The molecule has 8 nitrogen and oxygen atoms in total. The van der Waals surface area contributed by atoms with E-state index in [9.17, 15) is 29.0 Å². The number of ether oxygens (including phenoxy) is 1. The molecule has 0 unspecified atom stereocenters. The summed E-state index contributed by atoms with van der Waals surface area (Å²) >= 11 is 0. The lowest BCUT2D eigenvalue weighted by Crippen LogP contribution is -2.24. The molecule has 2 rings (SSSR count). The highest BCUT2D eigenvalue weighted by molar-refractivity contribution is 6.07. The first kappa shape index (κ1) is 20.0. The first-order valence-electron chi connectivity index (χ1n) is 8.08. The van der Waals surface area contributed by atoms with Gasteiger partial charge in [-0.2, -0.15) is 0 Å². The van der Waals surface area contributed by atoms with E-state index >= 15 is 0 Å². The predicted molar refractivity (Wildman–Crippen MR) is 95.7 cm³/mol. The van der Waals surface area contributed by atoms with E-state index in [0.29, 0.717) is 12.3 Å². The van der Waals surface area contributed by atoms with Crippen LogP contribution in [0.5, 0.6) is 5.75 Å². The van der Waals surface area contributed by atoms with Gasteiger partial charge in [-0.15, -0.1) is 0 Å². The van der Waals surface area contributed by atoms with Gasteiger partial charge in [0, 0.05) is 5.56 Å². The lowest BCUT2D eigenvalue weighted by molar-refractivity contribution is 0.0695. The van der Waals surface area contributed by atoms with Crippen LogP contribution in [0.3, 0.4) is 0 Å². The van der Waals surface area contributed by atoms with Crippen molar-refractivity contribution in [3.63, 3.8) is 0 Å². The molecule has 27 heavy (non-hydrogen) atoms. The molecule has 1 heterocycles. The first-order chi connectivity index (χ1) is 12.6. The molecule has 0 aliphatic heterocycles. The molecule has 0 radical (unpaired) electrons. The Morgan fingerprint density at radius 1 is 1.22 bits per heavy atom. The molecule has 2 aromatic rings. The first-order valence-corrected chi connectivity index (χ1v) is 8.08. The van der Waals surface area contributed by atoms with Crippen molar-refractivity contribution < 1.29 is 28.9 Å². The molecule has 0 fully saturated rings. The molecule has 0 bridgehead atoms. The summed E-state index contributed by atoms with van der Waals surface area (Å²) < 4.78 is 19.4. The van der Waals surface area contributed by atoms with Gasteiger partial charge in [-0.1, -0.05) is 19.9 Å². The number of aromatic nitrogens is 1. The molecule has 144 valence electrons. The van der Waals surface area contributed by atoms with Crippen molar-refractivity contribution in [1.82, 2.24) is 4.98 Å². The summed E-state index contributed by atoms with van der Waals surface area (Å²) in [6.45, 7) is 4.15. The van der Waals surface area contributed by atoms with E-state index in [1.54, 1.807) is 0 Å². The van der Waals surface area contributed by atoms with Crippen LogP contribution in [-0.2, 0) is 0 Å². The van der Waals surface area contributed by atoms with Crippen LogP contribution in [0, 0.1) is 11.7 Å². The van der Waals surface area contributed by atoms with Crippen LogP contribution >= 0.6 is 0 Å². The molecule has 0 saturated heterocycles. The second kappa shape index (κ2) is 7.90. The summed E-state index contributed by atoms with van der Waals surface area (Å²) in [5.74, 6) is -4.23. The Morgan fingerprint density at radius 2 is 1.85 bits per heavy atom. The minimum atomic E-state index is -1.64. The summed E-state index contributed by atoms with van der Waals surface area (Å²) in [7, 11) is 0. The van der Waals surface area contributed by atoms with Crippen LogP contribution in [-0.4, -0.2) is 33.7 Å². The SMILES string of the molecule is CC(C)CCOc1cc(-c2c(C(=O)O)c(N)[nH]c(=O)c2C(=O)O)ccc1F. The summed E-state index contributed by atoms with van der Waals surface area (Å²) in [5, 5.41) is 18.8. The number of hydrogen-bond acceptors (Lipinski definition) is 5. The molecular weight excluding hydrogens is 359 g/mol. The molecular formula is C18H19FN2O6. The van der Waals surface area contributed by atoms with Crippen LogP contribution in [0.2, 0.25) is 0 Å². The van der Waals surface area contributed by atoms with Gasteiger partial charge < -0.3 is 25.7 Å². The fourth-order valence-electron chi connectivity index (χ4n) is 2.51. The summed E-state index contributed by atoms with van der Waals surface area (Å²) in [5.41, 5.74) is 2.70. The van der Waals surface area contributed by atoms with Gasteiger partial charge in [0.15, 0.2) is 11.6 Å². The maximum Gasteiger partial charge on any atom is 0.342 e. The molecule has 9 heteroatoms. The van der Waals surface area contributed by atoms with Crippen molar-refractivity contribution in [2.24, 2.45) is 5.92 Å². The highest BCUT2D eigenvalue weighted by Crippen LogP contribution is 2.32. The second-order valence-corrected chi connectivity index (χ2v) is 6.28. The fourth-order valence-corrected chi connectivity index (χ4v) is 2.51. The Bertz CT molecular complexity index is 952. The third kappa shape index (κ3) is 4.25. The van der Waals surface area contributed by atoms with Gasteiger partial charge in [0.05, 0.1) is 6.61 Å². The Morgan fingerprint density at radius 3 is 2.41 bits per heavy atom. The van der Waals surface area contributed by atoms with E-state index in [2.05, 4.69) is 0 Å². The van der Waals surface area contributed by atoms with Crippen molar-refractivity contribution in [1.29, 1.82) is 0 Å². The largest absolute Gasteiger partial charge is 0.490 e. The number of anilines is 1. The topological polar surface area (TPSA) is 143 Å². The van der Waals surface area contributed by atoms with Crippen LogP contribution < -0.4 is 16.0 Å². The molecule has 0 spiro atoms. The second-order valence-electron chi connectivity index (χ2n) is 6.28. The molecule has 0 aliphatic rings. The zero-order valence-electron chi connectivity index (χ0n) is 14.7. The number of aromatic amines is 1. The number of carbonyl (C=O) groups is 2. The van der Waals surface area contributed by atoms with Gasteiger partial charge in [-0.05, 0) is 30.0 Å². The van der Waals surface area contributed by atoms with Gasteiger partial charge in [0.1, 0.15) is 16.9 Å². The molecule has 0 aliphatic carbocycles. The monoisotopic (exact) mass is 378 g/mol. The third-order valence-corrected chi connectivity index (χ3v) is 3.84. The van der Waals surface area contributed by atoms with Crippen molar-refractivity contribution in [3.8, 4) is 16.9 Å². The summed E-state index contributed by atoms with van der Waals surface area (Å²) in [4.78, 5) is 37.2. The normalized spacial score (nSPS) is 10.8. The molecule has 0 amide bonds. The number of pyridine rings is 1. The maximum atomic E-state index is 14.0. The van der Waals surface area contributed by atoms with Crippen LogP contribution in [0.15, 0.2) is 23.0 Å². The Balaban J connectivity index is 2.68. The summed E-state index contributed by atoms with van der Waals surface area (Å²) in [6.07, 6.45) is 0.655. The number of H-pyrrole nitrogens is 1. The Labute approximate surface area is 153 Å². The Kier molecular flexibility index (Phi) is 5.84. The van der Waals surface area contributed by atoms with Crippen LogP contribution in [0.1, 0.15) is 41.0 Å². The average molecular weight is 378 g/mol. The lowest BCUT2D eigenvalue weighted by Gasteiger charge is -2.14. The van der Waals surface area contributed by atoms with Crippen molar-refractivity contribution in [2.75, 3.05) is 12.3 Å². The minimum absolute atomic E-state index is 0.0106. The zero-order chi connectivity index (χ0) is 20.3. The number of benzene rings is 1. The van der Waals surface area contributed by atoms with Gasteiger partial charge in [-0.3, -0.25) is 4.79 Å². The number of nitrogens with one attached hydrogen (secondary N) is 1. The van der Waals surface area contributed by atoms with Gasteiger partial charge in [-0.25, -0.2) is 14.0 Å². The quantitative estimate of drug-likeness (QED) is 0.580. The lowest BCUT2D eigenvalue weighted by atomic mass is 9.95. The van der Waals surface area contributed by atoms with Crippen molar-refractivity contribution >= 4 is 17.8 Å². The standard InChI is InChI=1S/C18H19FN2O6/c1-8(2)5-6-27-11-7-9(3-4-10(11)19)12-13(17(23)24)15(20)21-16(22)14(12)18(25)26/h3-4,7-8H,5-6H2,1-2H3,(H,23,24)(H,25,26)(H3,20,21,22). The van der Waals surface area contributed by atoms with Gasteiger partial charge in [0.25, 0.3) is 5.56 Å². The maximum absolute atomic E-state index is 14.0. The molecule has 1 aromatic carbocycles. The highest BCUT2D eigenvalue weighted by Gasteiger charge is 2.27. The van der Waals surface area contributed by atoms with E-state index in [4.69, 9.17) is 10.5 Å². The van der Waals surface area contributed by atoms with E-state index < -0.39 is 45.8 Å². The molecule has 5 N–H and O–H groups in total. The third-order valence-electron chi connectivity index (χ3n) is 3.84. The van der Waals surface area contributed by atoms with Crippen LogP contribution in [0.4, 0.5) is 10.2 Å². The fraction of sp³-hybridized carbons (Fsp3) is 0.278. The smallest absolute Gasteiger partial charge is 0.342 e. The number of hydrogen-bond donors (Lipinski definition) is 4. The van der Waals surface area contributed by atoms with Gasteiger partial charge >= 0.3 is 11.9 Å². The number of carboxylic acid groups (broad SMARTS) is 2. The van der Waals surface area contributed by atoms with Crippen LogP contribution in [0.25, 0.3) is 11.1 Å². The van der Waals surface area contributed by atoms with Crippen molar-refractivity contribution in [3.05, 3.63) is 45.5 Å². The van der Waals surface area contributed by atoms with E-state index in [1.165, 1.54) is 0 Å². The number of halogens is 1. The summed E-state index contributed by atoms with van der Waals surface area (Å²) in [6, 6.07) is 3.33. The van der Waals surface area contributed by atoms with E-state index in [1.807, 2.05) is 18.8 Å². The zero-order valence-corrected chi connectivity index (χ0v) is 14.7. The number of aromatic carboxylic acids is 2. The number of nitrogens with two attached hydrogens (primary N) is 1. The predicted octanol–water partition coefficient (Wildman–Crippen LogP) is 2.58. The highest BCUT2D eigenvalue weighted by atomic mass is 19.1. The Hall–Kier alpha value is -3.36. The van der Waals surface area contributed by atoms with Gasteiger partial charge in [0.2, 0.25) is 0 Å². The number of rotatable bonds is 7. The van der Waals surface area contributed by atoms with E-state index in [-0.39, 0.29) is 17.9 Å². The number of carboxylic acids is 2. The number of nitrogen functional groups attached to an aromatic ring is 1. The van der Waals surface area contributed by atoms with Crippen molar-refractivity contribution in [2.45, 2.75) is 20.3 Å².